The number of ether oxygens (including phenoxy) is 2. The lowest BCUT2D eigenvalue weighted by Gasteiger charge is -2.16. The highest BCUT2D eigenvalue weighted by Crippen LogP contribution is 2.35. The number of halogens is 1. The summed E-state index contributed by atoms with van der Waals surface area (Å²) in [6, 6.07) is 12.1. The Balaban J connectivity index is 1.76. The molecule has 0 spiro atoms. The van der Waals surface area contributed by atoms with E-state index in [4.69, 9.17) is 9.47 Å². The highest BCUT2D eigenvalue weighted by molar-refractivity contribution is 5.73. The molecule has 0 aliphatic carbocycles. The summed E-state index contributed by atoms with van der Waals surface area (Å²) in [5.41, 5.74) is 1.80. The van der Waals surface area contributed by atoms with Gasteiger partial charge in [-0.25, -0.2) is 9.18 Å². The maximum Gasteiger partial charge on any atom is 0.413 e. The van der Waals surface area contributed by atoms with Crippen molar-refractivity contribution in [1.82, 2.24) is 20.4 Å². The van der Waals surface area contributed by atoms with Crippen LogP contribution in [0.15, 0.2) is 54.9 Å². The first-order valence-electron chi connectivity index (χ1n) is 9.13. The van der Waals surface area contributed by atoms with Gasteiger partial charge in [-0.15, -0.1) is 0 Å². The summed E-state index contributed by atoms with van der Waals surface area (Å²) in [6.07, 6.45) is 2.39. The molecule has 0 aliphatic rings. The van der Waals surface area contributed by atoms with E-state index >= 15 is 0 Å². The van der Waals surface area contributed by atoms with Crippen molar-refractivity contribution in [3.63, 3.8) is 0 Å². The number of aromatic amines is 1. The molecule has 2 N–H and O–H groups in total. The fourth-order valence-corrected chi connectivity index (χ4v) is 2.59. The van der Waals surface area contributed by atoms with Crippen LogP contribution in [0, 0.1) is 5.82 Å². The third-order valence-corrected chi connectivity index (χ3v) is 4.12. The van der Waals surface area contributed by atoms with Crippen LogP contribution in [0.2, 0.25) is 0 Å². The van der Waals surface area contributed by atoms with E-state index in [1.54, 1.807) is 6.20 Å². The fraction of sp³-hybridized carbons (Fsp3) is 0.238. The van der Waals surface area contributed by atoms with Gasteiger partial charge in [0.05, 0.1) is 6.20 Å². The zero-order valence-electron chi connectivity index (χ0n) is 16.3. The molecular formula is C21H23FN4O3. The minimum absolute atomic E-state index is 0.0130. The number of H-pyrrole nitrogens is 1. The monoisotopic (exact) mass is 398 g/mol. The lowest BCUT2D eigenvalue weighted by Crippen LogP contribution is -2.26. The molecule has 3 rings (SSSR count). The van der Waals surface area contributed by atoms with Crippen molar-refractivity contribution >= 4 is 6.09 Å². The lowest BCUT2D eigenvalue weighted by molar-refractivity contribution is 0.194. The van der Waals surface area contributed by atoms with Crippen LogP contribution in [-0.4, -0.2) is 48.4 Å². The zero-order valence-corrected chi connectivity index (χ0v) is 16.3. The summed E-state index contributed by atoms with van der Waals surface area (Å²) < 4.78 is 25.7. The molecule has 0 bridgehead atoms. The third-order valence-electron chi connectivity index (χ3n) is 4.12. The van der Waals surface area contributed by atoms with E-state index in [9.17, 15) is 9.18 Å². The number of aromatic nitrogens is 2. The maximum atomic E-state index is 14.6. The largest absolute Gasteiger partial charge is 0.488 e. The number of hydrogen-bond acceptors (Lipinski definition) is 5. The van der Waals surface area contributed by atoms with Gasteiger partial charge in [-0.3, -0.25) is 5.10 Å². The van der Waals surface area contributed by atoms with Gasteiger partial charge in [0.1, 0.15) is 12.4 Å². The molecule has 152 valence electrons. The number of benzene rings is 2. The van der Waals surface area contributed by atoms with E-state index in [1.165, 1.54) is 12.3 Å². The summed E-state index contributed by atoms with van der Waals surface area (Å²) in [4.78, 5) is 14.2. The lowest BCUT2D eigenvalue weighted by atomic mass is 10.1. The van der Waals surface area contributed by atoms with Crippen LogP contribution in [0.25, 0.3) is 11.1 Å². The molecule has 3 aromatic rings. The van der Waals surface area contributed by atoms with Crippen molar-refractivity contribution in [2.24, 2.45) is 0 Å². The summed E-state index contributed by atoms with van der Waals surface area (Å²) >= 11 is 0. The molecule has 29 heavy (non-hydrogen) atoms. The molecule has 1 heterocycles. The van der Waals surface area contributed by atoms with Crippen LogP contribution in [0.5, 0.6) is 11.5 Å². The molecule has 0 saturated carbocycles. The molecule has 7 nitrogen and oxygen atoms in total. The molecule has 2 aromatic carbocycles. The molecule has 0 radical (unpaired) electrons. The molecule has 0 atom stereocenters. The van der Waals surface area contributed by atoms with Crippen molar-refractivity contribution in [3.05, 3.63) is 66.2 Å². The van der Waals surface area contributed by atoms with Crippen LogP contribution < -0.4 is 14.8 Å². The van der Waals surface area contributed by atoms with Gasteiger partial charge in [0, 0.05) is 36.5 Å². The Morgan fingerprint density at radius 3 is 2.69 bits per heavy atom. The standard InChI is InChI=1S/C21H23FN4O3/c1-26(2)8-9-28-19-10-17(16-13-24-25-14-16)18(22)11-20(19)29-21(27)23-12-15-6-4-3-5-7-15/h3-7,10-11,13-14H,8-9,12H2,1-2H3,(H,23,27)(H,24,25). The Hall–Kier alpha value is -3.39. The number of nitrogens with zero attached hydrogens (tertiary/aromatic N) is 2. The van der Waals surface area contributed by atoms with Crippen molar-refractivity contribution in [2.75, 3.05) is 27.2 Å². The van der Waals surface area contributed by atoms with Gasteiger partial charge in [-0.1, -0.05) is 30.3 Å². The normalized spacial score (nSPS) is 10.8. The van der Waals surface area contributed by atoms with Crippen LogP contribution in [0.1, 0.15) is 5.56 Å². The summed E-state index contributed by atoms with van der Waals surface area (Å²) in [6.45, 7) is 1.30. The van der Waals surface area contributed by atoms with Crippen LogP contribution in [-0.2, 0) is 6.54 Å². The second kappa shape index (κ2) is 9.70. The highest BCUT2D eigenvalue weighted by atomic mass is 19.1. The van der Waals surface area contributed by atoms with Crippen molar-refractivity contribution in [1.29, 1.82) is 0 Å². The van der Waals surface area contributed by atoms with Gasteiger partial charge >= 0.3 is 6.09 Å². The van der Waals surface area contributed by atoms with Gasteiger partial charge in [-0.2, -0.15) is 5.10 Å². The highest BCUT2D eigenvalue weighted by Gasteiger charge is 2.17. The fourth-order valence-electron chi connectivity index (χ4n) is 2.59. The molecule has 1 amide bonds. The number of rotatable bonds is 8. The van der Waals surface area contributed by atoms with Gasteiger partial charge in [0.25, 0.3) is 0 Å². The van der Waals surface area contributed by atoms with E-state index in [0.29, 0.717) is 30.8 Å². The first-order valence-corrected chi connectivity index (χ1v) is 9.13. The first-order chi connectivity index (χ1) is 14.0. The quantitative estimate of drug-likeness (QED) is 0.608. The Kier molecular flexibility index (Phi) is 6.80. The van der Waals surface area contributed by atoms with Gasteiger partial charge in [0.2, 0.25) is 0 Å². The Labute approximate surface area is 168 Å². The first kappa shape index (κ1) is 20.3. The zero-order chi connectivity index (χ0) is 20.6. The van der Waals surface area contributed by atoms with E-state index in [0.717, 1.165) is 11.6 Å². The SMILES string of the molecule is CN(C)CCOc1cc(-c2cn[nH]c2)c(F)cc1OC(=O)NCc1ccccc1. The van der Waals surface area contributed by atoms with Gasteiger partial charge in [0.15, 0.2) is 11.5 Å². The average molecular weight is 398 g/mol. The minimum Gasteiger partial charge on any atom is -0.488 e. The van der Waals surface area contributed by atoms with Crippen molar-refractivity contribution < 1.29 is 18.7 Å². The molecular weight excluding hydrogens is 375 g/mol. The summed E-state index contributed by atoms with van der Waals surface area (Å²) in [5, 5.41) is 9.14. The van der Waals surface area contributed by atoms with Crippen LogP contribution in [0.4, 0.5) is 9.18 Å². The predicted molar refractivity (Wildman–Crippen MR) is 107 cm³/mol. The van der Waals surface area contributed by atoms with Gasteiger partial charge < -0.3 is 19.7 Å². The van der Waals surface area contributed by atoms with Gasteiger partial charge in [-0.05, 0) is 25.7 Å². The average Bonchev–Trinajstić information content (AvgIpc) is 3.23. The van der Waals surface area contributed by atoms with Crippen molar-refractivity contribution in [3.8, 4) is 22.6 Å². The smallest absolute Gasteiger partial charge is 0.413 e. The minimum atomic E-state index is -0.693. The number of amides is 1. The molecule has 0 fully saturated rings. The Morgan fingerprint density at radius 2 is 2.00 bits per heavy atom. The second-order valence-corrected chi connectivity index (χ2v) is 6.65. The Bertz CT molecular complexity index is 931. The van der Waals surface area contributed by atoms with E-state index in [2.05, 4.69) is 15.5 Å². The number of carbonyl (C=O) groups is 1. The van der Waals surface area contributed by atoms with Crippen LogP contribution in [0.3, 0.4) is 0 Å². The van der Waals surface area contributed by atoms with E-state index in [1.807, 2.05) is 49.3 Å². The second-order valence-electron chi connectivity index (χ2n) is 6.65. The number of likely N-dealkylation sites (N-methyl/N-ethyl adjacent to an activating group) is 1. The molecule has 8 heteroatoms. The maximum absolute atomic E-state index is 14.6. The predicted octanol–water partition coefficient (Wildman–Crippen LogP) is 3.44. The summed E-state index contributed by atoms with van der Waals surface area (Å²) in [5.74, 6) is -0.254. The molecule has 0 saturated heterocycles. The molecule has 1 aromatic heterocycles. The number of carbonyl (C=O) groups excluding carboxylic acids is 1. The van der Waals surface area contributed by atoms with Crippen molar-refractivity contribution in [2.45, 2.75) is 6.54 Å². The molecule has 0 aliphatic heterocycles. The summed E-state index contributed by atoms with van der Waals surface area (Å²) in [7, 11) is 3.83. The number of hydrogen-bond donors (Lipinski definition) is 2. The van der Waals surface area contributed by atoms with E-state index < -0.39 is 11.9 Å². The number of nitrogens with one attached hydrogen (secondary N) is 2. The van der Waals surface area contributed by atoms with Crippen LogP contribution >= 0.6 is 0 Å². The van der Waals surface area contributed by atoms with E-state index in [-0.39, 0.29) is 11.5 Å². The topological polar surface area (TPSA) is 79.5 Å². The Morgan fingerprint density at radius 1 is 1.21 bits per heavy atom. The third kappa shape index (κ3) is 5.79. The molecule has 0 unspecified atom stereocenters.